The third kappa shape index (κ3) is 2.51. The molecule has 0 saturated heterocycles. The normalized spacial score (nSPS) is 15.4. The van der Waals surface area contributed by atoms with E-state index in [1.54, 1.807) is 11.3 Å². The summed E-state index contributed by atoms with van der Waals surface area (Å²) in [5.41, 5.74) is 8.12. The first-order chi connectivity index (χ1) is 9.65. The molecule has 0 aliphatic carbocycles. The fourth-order valence-electron chi connectivity index (χ4n) is 2.06. The van der Waals surface area contributed by atoms with Crippen molar-refractivity contribution in [3.63, 3.8) is 0 Å². The minimum Gasteiger partial charge on any atom is -0.486 e. The SMILES string of the molecule is CC(C)C(N)c1nc(-c2ccc3c(c2)OCCO3)cs1. The van der Waals surface area contributed by atoms with Gasteiger partial charge in [-0.3, -0.25) is 0 Å². The van der Waals surface area contributed by atoms with Crippen LogP contribution < -0.4 is 15.2 Å². The zero-order valence-corrected chi connectivity index (χ0v) is 12.4. The molecule has 1 aromatic heterocycles. The summed E-state index contributed by atoms with van der Waals surface area (Å²) in [6.45, 7) is 5.42. The molecule has 4 nitrogen and oxygen atoms in total. The minimum atomic E-state index is -0.00837. The highest BCUT2D eigenvalue weighted by atomic mass is 32.1. The van der Waals surface area contributed by atoms with E-state index in [1.807, 2.05) is 23.6 Å². The van der Waals surface area contributed by atoms with Gasteiger partial charge in [0.15, 0.2) is 11.5 Å². The maximum atomic E-state index is 6.14. The van der Waals surface area contributed by atoms with Crippen molar-refractivity contribution < 1.29 is 9.47 Å². The van der Waals surface area contributed by atoms with Gasteiger partial charge in [-0.15, -0.1) is 11.3 Å². The van der Waals surface area contributed by atoms with Crippen LogP contribution in [0.3, 0.4) is 0 Å². The van der Waals surface area contributed by atoms with Crippen LogP contribution in [0.5, 0.6) is 11.5 Å². The standard InChI is InChI=1S/C15H18N2O2S/c1-9(2)14(16)15-17-11(8-20-15)10-3-4-12-13(7-10)19-6-5-18-12/h3-4,7-9,14H,5-6,16H2,1-2H3. The van der Waals surface area contributed by atoms with Crippen molar-refractivity contribution in [3.8, 4) is 22.8 Å². The molecule has 0 bridgehead atoms. The number of nitrogens with two attached hydrogens (primary N) is 1. The smallest absolute Gasteiger partial charge is 0.162 e. The number of aromatic nitrogens is 1. The molecule has 1 aliphatic heterocycles. The van der Waals surface area contributed by atoms with Crippen LogP contribution >= 0.6 is 11.3 Å². The molecule has 1 unspecified atom stereocenters. The van der Waals surface area contributed by atoms with Crippen molar-refractivity contribution in [2.75, 3.05) is 13.2 Å². The summed E-state index contributed by atoms with van der Waals surface area (Å²) in [5.74, 6) is 1.97. The molecule has 0 amide bonds. The highest BCUT2D eigenvalue weighted by molar-refractivity contribution is 7.10. The van der Waals surface area contributed by atoms with E-state index < -0.39 is 0 Å². The van der Waals surface area contributed by atoms with E-state index >= 15 is 0 Å². The molecular formula is C15H18N2O2S. The van der Waals surface area contributed by atoms with E-state index in [2.05, 4.69) is 18.8 Å². The molecule has 3 rings (SSSR count). The Morgan fingerprint density at radius 2 is 1.95 bits per heavy atom. The van der Waals surface area contributed by atoms with Gasteiger partial charge in [-0.05, 0) is 24.1 Å². The molecule has 20 heavy (non-hydrogen) atoms. The Balaban J connectivity index is 1.89. The van der Waals surface area contributed by atoms with E-state index in [9.17, 15) is 0 Å². The monoisotopic (exact) mass is 290 g/mol. The number of hydrogen-bond donors (Lipinski definition) is 1. The van der Waals surface area contributed by atoms with Crippen LogP contribution in [0.4, 0.5) is 0 Å². The Morgan fingerprint density at radius 3 is 2.70 bits per heavy atom. The lowest BCUT2D eigenvalue weighted by atomic mass is 10.1. The highest BCUT2D eigenvalue weighted by Gasteiger charge is 2.17. The number of rotatable bonds is 3. The van der Waals surface area contributed by atoms with Crippen LogP contribution in [0.1, 0.15) is 24.9 Å². The van der Waals surface area contributed by atoms with Gasteiger partial charge in [-0.1, -0.05) is 13.8 Å². The molecule has 106 valence electrons. The first-order valence-corrected chi connectivity index (χ1v) is 7.64. The molecule has 2 heterocycles. The van der Waals surface area contributed by atoms with Gasteiger partial charge in [-0.2, -0.15) is 0 Å². The van der Waals surface area contributed by atoms with Gasteiger partial charge in [0.2, 0.25) is 0 Å². The molecule has 0 spiro atoms. The van der Waals surface area contributed by atoms with Crippen LogP contribution in [0.2, 0.25) is 0 Å². The summed E-state index contributed by atoms with van der Waals surface area (Å²) in [7, 11) is 0. The molecule has 1 aromatic carbocycles. The second-order valence-corrected chi connectivity index (χ2v) is 6.09. The van der Waals surface area contributed by atoms with Crippen molar-refractivity contribution in [1.29, 1.82) is 0 Å². The van der Waals surface area contributed by atoms with Gasteiger partial charge in [0.25, 0.3) is 0 Å². The molecule has 5 heteroatoms. The molecular weight excluding hydrogens is 272 g/mol. The van der Waals surface area contributed by atoms with Crippen molar-refractivity contribution in [2.45, 2.75) is 19.9 Å². The summed E-state index contributed by atoms with van der Waals surface area (Å²) < 4.78 is 11.1. The first kappa shape index (κ1) is 13.4. The van der Waals surface area contributed by atoms with Crippen LogP contribution in [0.25, 0.3) is 11.3 Å². The molecule has 0 saturated carbocycles. The van der Waals surface area contributed by atoms with Crippen LogP contribution in [-0.2, 0) is 0 Å². The van der Waals surface area contributed by atoms with E-state index in [1.165, 1.54) is 0 Å². The van der Waals surface area contributed by atoms with Crippen molar-refractivity contribution >= 4 is 11.3 Å². The first-order valence-electron chi connectivity index (χ1n) is 6.76. The molecule has 0 fully saturated rings. The molecule has 1 atom stereocenters. The zero-order valence-electron chi connectivity index (χ0n) is 11.6. The van der Waals surface area contributed by atoms with Gasteiger partial charge in [0.1, 0.15) is 18.2 Å². The maximum absolute atomic E-state index is 6.14. The Bertz CT molecular complexity index is 610. The van der Waals surface area contributed by atoms with E-state index in [4.69, 9.17) is 15.2 Å². The second-order valence-electron chi connectivity index (χ2n) is 5.20. The largest absolute Gasteiger partial charge is 0.486 e. The highest BCUT2D eigenvalue weighted by Crippen LogP contribution is 2.35. The fraction of sp³-hybridized carbons (Fsp3) is 0.400. The predicted octanol–water partition coefficient (Wildman–Crippen LogP) is 3.24. The van der Waals surface area contributed by atoms with Gasteiger partial charge in [0.05, 0.1) is 11.7 Å². The molecule has 1 aliphatic rings. The van der Waals surface area contributed by atoms with Crippen molar-refractivity contribution in [2.24, 2.45) is 11.7 Å². The lowest BCUT2D eigenvalue weighted by molar-refractivity contribution is 0.171. The zero-order chi connectivity index (χ0) is 14.1. The topological polar surface area (TPSA) is 57.4 Å². The number of nitrogens with zero attached hydrogens (tertiary/aromatic N) is 1. The number of ether oxygens (including phenoxy) is 2. The van der Waals surface area contributed by atoms with E-state index in [0.29, 0.717) is 19.1 Å². The Labute approximate surface area is 122 Å². The average Bonchev–Trinajstić information content (AvgIpc) is 2.95. The average molecular weight is 290 g/mol. The van der Waals surface area contributed by atoms with E-state index in [-0.39, 0.29) is 6.04 Å². The summed E-state index contributed by atoms with van der Waals surface area (Å²) >= 11 is 1.61. The summed E-state index contributed by atoms with van der Waals surface area (Å²) in [6, 6.07) is 5.91. The van der Waals surface area contributed by atoms with Crippen molar-refractivity contribution in [3.05, 3.63) is 28.6 Å². The summed E-state index contributed by atoms with van der Waals surface area (Å²) in [4.78, 5) is 4.65. The van der Waals surface area contributed by atoms with E-state index in [0.717, 1.165) is 27.8 Å². The van der Waals surface area contributed by atoms with Gasteiger partial charge in [-0.25, -0.2) is 4.98 Å². The van der Waals surface area contributed by atoms with Crippen molar-refractivity contribution in [1.82, 2.24) is 4.98 Å². The number of hydrogen-bond acceptors (Lipinski definition) is 5. The fourth-order valence-corrected chi connectivity index (χ4v) is 3.06. The van der Waals surface area contributed by atoms with Gasteiger partial charge < -0.3 is 15.2 Å². The number of fused-ring (bicyclic) bond motifs is 1. The maximum Gasteiger partial charge on any atom is 0.162 e. The quantitative estimate of drug-likeness (QED) is 0.943. The lowest BCUT2D eigenvalue weighted by Gasteiger charge is -2.18. The number of benzene rings is 1. The third-order valence-corrected chi connectivity index (χ3v) is 4.31. The summed E-state index contributed by atoms with van der Waals surface area (Å²) in [6.07, 6.45) is 0. The third-order valence-electron chi connectivity index (χ3n) is 3.36. The second kappa shape index (κ2) is 5.42. The predicted molar refractivity (Wildman–Crippen MR) is 80.3 cm³/mol. The van der Waals surface area contributed by atoms with Gasteiger partial charge in [0, 0.05) is 10.9 Å². The lowest BCUT2D eigenvalue weighted by Crippen LogP contribution is -2.16. The Hall–Kier alpha value is -1.59. The Kier molecular flexibility index (Phi) is 3.63. The van der Waals surface area contributed by atoms with Crippen LogP contribution in [-0.4, -0.2) is 18.2 Å². The minimum absolute atomic E-state index is 0.00837. The summed E-state index contributed by atoms with van der Waals surface area (Å²) in [5, 5.41) is 3.02. The molecule has 0 radical (unpaired) electrons. The number of thiazole rings is 1. The molecule has 2 N–H and O–H groups in total. The van der Waals surface area contributed by atoms with Crippen LogP contribution in [0, 0.1) is 5.92 Å². The van der Waals surface area contributed by atoms with Gasteiger partial charge >= 0.3 is 0 Å². The Morgan fingerprint density at radius 1 is 1.20 bits per heavy atom. The molecule has 2 aromatic rings. The van der Waals surface area contributed by atoms with Crippen LogP contribution in [0.15, 0.2) is 23.6 Å².